The van der Waals surface area contributed by atoms with E-state index in [1.165, 1.54) is 12.0 Å². The summed E-state index contributed by atoms with van der Waals surface area (Å²) in [5.41, 5.74) is 7.09. The average Bonchev–Trinajstić information content (AvgIpc) is 2.66. The number of rotatable bonds is 6. The van der Waals surface area contributed by atoms with Crippen LogP contribution < -0.4 is 5.73 Å². The van der Waals surface area contributed by atoms with E-state index >= 15 is 0 Å². The van der Waals surface area contributed by atoms with Gasteiger partial charge in [-0.25, -0.2) is 0 Å². The van der Waals surface area contributed by atoms with Crippen LogP contribution in [0.2, 0.25) is 0 Å². The van der Waals surface area contributed by atoms with Crippen LogP contribution in [0.4, 0.5) is 0 Å². The molecule has 1 aromatic heterocycles. The Labute approximate surface area is 90.7 Å². The fourth-order valence-electron chi connectivity index (χ4n) is 1.57. The Bertz CT molecular complexity index is 229. The highest BCUT2D eigenvalue weighted by Gasteiger charge is 2.08. The van der Waals surface area contributed by atoms with E-state index in [4.69, 9.17) is 5.73 Å². The van der Waals surface area contributed by atoms with Crippen molar-refractivity contribution in [3.05, 3.63) is 22.4 Å². The third kappa shape index (κ3) is 3.78. The van der Waals surface area contributed by atoms with Crippen molar-refractivity contribution in [3.8, 4) is 0 Å². The molecule has 0 saturated heterocycles. The summed E-state index contributed by atoms with van der Waals surface area (Å²) in [4.78, 5) is 2.35. The molecule has 0 aromatic carbocycles. The summed E-state index contributed by atoms with van der Waals surface area (Å²) in [5.74, 6) is 0.638. The summed E-state index contributed by atoms with van der Waals surface area (Å²) in [6, 6.07) is 2.19. The minimum absolute atomic E-state index is 0.638. The second-order valence-corrected chi connectivity index (χ2v) is 4.62. The Kier molecular flexibility index (Phi) is 5.15. The van der Waals surface area contributed by atoms with Crippen molar-refractivity contribution in [1.82, 2.24) is 4.90 Å². The fraction of sp³-hybridized carbons (Fsp3) is 0.636. The van der Waals surface area contributed by atoms with Gasteiger partial charge in [0, 0.05) is 13.1 Å². The minimum Gasteiger partial charge on any atom is -0.330 e. The van der Waals surface area contributed by atoms with E-state index in [2.05, 4.69) is 35.7 Å². The molecule has 3 heteroatoms. The molecule has 2 nitrogen and oxygen atoms in total. The molecule has 0 fully saturated rings. The summed E-state index contributed by atoms with van der Waals surface area (Å²) in [6.45, 7) is 5.14. The molecular weight excluding hydrogens is 192 g/mol. The smallest absolute Gasteiger partial charge is 0.0239 e. The van der Waals surface area contributed by atoms with Crippen molar-refractivity contribution in [3.63, 3.8) is 0 Å². The highest BCUT2D eigenvalue weighted by Crippen LogP contribution is 2.10. The summed E-state index contributed by atoms with van der Waals surface area (Å²) in [6.07, 6.45) is 1.17. The fourth-order valence-corrected chi connectivity index (χ4v) is 2.23. The molecule has 0 aliphatic rings. The van der Waals surface area contributed by atoms with E-state index in [0.717, 1.165) is 19.6 Å². The van der Waals surface area contributed by atoms with E-state index in [1.807, 2.05) is 0 Å². The van der Waals surface area contributed by atoms with Crippen LogP contribution in [-0.2, 0) is 6.54 Å². The monoisotopic (exact) mass is 212 g/mol. The van der Waals surface area contributed by atoms with E-state index in [0.29, 0.717) is 5.92 Å². The lowest BCUT2D eigenvalue weighted by Crippen LogP contribution is -2.29. The molecule has 1 heterocycles. The summed E-state index contributed by atoms with van der Waals surface area (Å²) < 4.78 is 0. The average molecular weight is 212 g/mol. The lowest BCUT2D eigenvalue weighted by molar-refractivity contribution is 0.268. The summed E-state index contributed by atoms with van der Waals surface area (Å²) in [7, 11) is 2.16. The quantitative estimate of drug-likeness (QED) is 0.783. The topological polar surface area (TPSA) is 29.3 Å². The van der Waals surface area contributed by atoms with Gasteiger partial charge in [-0.2, -0.15) is 11.3 Å². The first kappa shape index (κ1) is 11.7. The molecule has 14 heavy (non-hydrogen) atoms. The first-order valence-electron chi connectivity index (χ1n) is 5.16. The molecule has 80 valence electrons. The molecule has 2 N–H and O–H groups in total. The molecule has 0 aliphatic carbocycles. The van der Waals surface area contributed by atoms with Gasteiger partial charge in [0.1, 0.15) is 0 Å². The Morgan fingerprint density at radius 3 is 2.86 bits per heavy atom. The first-order valence-corrected chi connectivity index (χ1v) is 6.10. The van der Waals surface area contributed by atoms with Gasteiger partial charge in [0.25, 0.3) is 0 Å². The lowest BCUT2D eigenvalue weighted by Gasteiger charge is -2.21. The Balaban J connectivity index is 2.31. The molecule has 1 rings (SSSR count). The van der Waals surface area contributed by atoms with E-state index in [-0.39, 0.29) is 0 Å². The zero-order valence-corrected chi connectivity index (χ0v) is 9.89. The predicted octanol–water partition coefficient (Wildman–Crippen LogP) is 2.16. The van der Waals surface area contributed by atoms with Gasteiger partial charge in [0.05, 0.1) is 0 Å². The van der Waals surface area contributed by atoms with Crippen LogP contribution in [-0.4, -0.2) is 25.0 Å². The molecule has 0 aliphatic heterocycles. The Morgan fingerprint density at radius 2 is 2.36 bits per heavy atom. The molecule has 0 saturated carbocycles. The molecule has 0 radical (unpaired) electrons. The SMILES string of the molecule is CCC(CN)CN(C)Cc1ccsc1. The Hall–Kier alpha value is -0.380. The maximum atomic E-state index is 5.68. The van der Waals surface area contributed by atoms with Crippen molar-refractivity contribution in [2.75, 3.05) is 20.1 Å². The maximum absolute atomic E-state index is 5.68. The molecule has 0 spiro atoms. The van der Waals surface area contributed by atoms with Crippen LogP contribution in [0.1, 0.15) is 18.9 Å². The summed E-state index contributed by atoms with van der Waals surface area (Å²) >= 11 is 1.76. The van der Waals surface area contributed by atoms with Crippen LogP contribution in [0.15, 0.2) is 16.8 Å². The van der Waals surface area contributed by atoms with Gasteiger partial charge in [0.2, 0.25) is 0 Å². The van der Waals surface area contributed by atoms with Gasteiger partial charge < -0.3 is 10.6 Å². The second kappa shape index (κ2) is 6.17. The van der Waals surface area contributed by atoms with Gasteiger partial charge >= 0.3 is 0 Å². The number of hydrogen-bond donors (Lipinski definition) is 1. The standard InChI is InChI=1S/C11H20N2S/c1-3-10(6-12)7-13(2)8-11-4-5-14-9-11/h4-5,9-10H,3,6-8,12H2,1-2H3. The maximum Gasteiger partial charge on any atom is 0.0239 e. The largest absolute Gasteiger partial charge is 0.330 e. The number of nitrogens with zero attached hydrogens (tertiary/aromatic N) is 1. The zero-order valence-electron chi connectivity index (χ0n) is 9.07. The highest BCUT2D eigenvalue weighted by molar-refractivity contribution is 7.07. The van der Waals surface area contributed by atoms with Crippen LogP contribution in [0.25, 0.3) is 0 Å². The normalized spacial score (nSPS) is 13.4. The highest BCUT2D eigenvalue weighted by atomic mass is 32.1. The van der Waals surface area contributed by atoms with Crippen molar-refractivity contribution in [2.24, 2.45) is 11.7 Å². The third-order valence-electron chi connectivity index (χ3n) is 2.51. The van der Waals surface area contributed by atoms with Gasteiger partial charge in [-0.1, -0.05) is 13.3 Å². The predicted molar refractivity (Wildman–Crippen MR) is 63.5 cm³/mol. The van der Waals surface area contributed by atoms with E-state index in [9.17, 15) is 0 Å². The molecule has 0 bridgehead atoms. The van der Waals surface area contributed by atoms with E-state index < -0.39 is 0 Å². The molecule has 0 amide bonds. The lowest BCUT2D eigenvalue weighted by atomic mass is 10.1. The molecule has 1 unspecified atom stereocenters. The Morgan fingerprint density at radius 1 is 1.57 bits per heavy atom. The van der Waals surface area contributed by atoms with Gasteiger partial charge in [-0.05, 0) is 41.9 Å². The number of hydrogen-bond acceptors (Lipinski definition) is 3. The van der Waals surface area contributed by atoms with Gasteiger partial charge in [0.15, 0.2) is 0 Å². The molecule has 1 aromatic rings. The number of nitrogens with two attached hydrogens (primary N) is 1. The second-order valence-electron chi connectivity index (χ2n) is 3.84. The van der Waals surface area contributed by atoms with Gasteiger partial charge in [-0.15, -0.1) is 0 Å². The number of thiophene rings is 1. The van der Waals surface area contributed by atoms with Gasteiger partial charge in [-0.3, -0.25) is 0 Å². The van der Waals surface area contributed by atoms with Crippen molar-refractivity contribution in [1.29, 1.82) is 0 Å². The van der Waals surface area contributed by atoms with Crippen LogP contribution >= 0.6 is 11.3 Å². The third-order valence-corrected chi connectivity index (χ3v) is 3.25. The minimum atomic E-state index is 0.638. The van der Waals surface area contributed by atoms with Crippen LogP contribution in [0.3, 0.4) is 0 Å². The van der Waals surface area contributed by atoms with Crippen LogP contribution in [0.5, 0.6) is 0 Å². The van der Waals surface area contributed by atoms with Crippen molar-refractivity contribution >= 4 is 11.3 Å². The molecular formula is C11H20N2S. The van der Waals surface area contributed by atoms with E-state index in [1.54, 1.807) is 11.3 Å². The zero-order chi connectivity index (χ0) is 10.4. The van der Waals surface area contributed by atoms with Crippen molar-refractivity contribution < 1.29 is 0 Å². The van der Waals surface area contributed by atoms with Crippen LogP contribution in [0, 0.1) is 5.92 Å². The molecule has 1 atom stereocenters. The van der Waals surface area contributed by atoms with Crippen molar-refractivity contribution in [2.45, 2.75) is 19.9 Å². The first-order chi connectivity index (χ1) is 6.76. The summed E-state index contributed by atoms with van der Waals surface area (Å²) in [5, 5.41) is 4.34.